The monoisotopic (exact) mass is 281 g/mol. The highest BCUT2D eigenvalue weighted by atomic mass is 16.5. The zero-order valence-electron chi connectivity index (χ0n) is 14.1. The standard InChI is InChI=1S/C16H31N3O/c1-15(2,3)10-7-8-11-19-14(13-17-18-19)9-12-20-16(4,5)6/h13H,7-12H2,1-6H3. The smallest absolute Gasteiger partial charge is 0.0726 e. The average molecular weight is 281 g/mol. The van der Waals surface area contributed by atoms with Gasteiger partial charge in [0.15, 0.2) is 0 Å². The van der Waals surface area contributed by atoms with Crippen LogP contribution in [0.25, 0.3) is 0 Å². The van der Waals surface area contributed by atoms with Crippen LogP contribution in [-0.2, 0) is 17.7 Å². The molecule has 0 saturated heterocycles. The zero-order chi connectivity index (χ0) is 15.2. The highest BCUT2D eigenvalue weighted by Gasteiger charge is 2.12. The summed E-state index contributed by atoms with van der Waals surface area (Å²) in [5.41, 5.74) is 1.52. The van der Waals surface area contributed by atoms with E-state index < -0.39 is 0 Å². The Morgan fingerprint density at radius 3 is 2.40 bits per heavy atom. The van der Waals surface area contributed by atoms with Gasteiger partial charge in [0, 0.05) is 13.0 Å². The van der Waals surface area contributed by atoms with Gasteiger partial charge in [-0.3, -0.25) is 0 Å². The third kappa shape index (κ3) is 7.63. The molecule has 4 heteroatoms. The van der Waals surface area contributed by atoms with Crippen LogP contribution in [0.2, 0.25) is 0 Å². The Balaban J connectivity index is 2.32. The fourth-order valence-electron chi connectivity index (χ4n) is 2.04. The SMILES string of the molecule is CC(C)(C)CCCCn1nncc1CCOC(C)(C)C. The van der Waals surface area contributed by atoms with Gasteiger partial charge in [-0.1, -0.05) is 32.4 Å². The van der Waals surface area contributed by atoms with Crippen LogP contribution < -0.4 is 0 Å². The molecule has 0 spiro atoms. The minimum absolute atomic E-state index is 0.0784. The van der Waals surface area contributed by atoms with Crippen molar-refractivity contribution >= 4 is 0 Å². The number of unbranched alkanes of at least 4 members (excludes halogenated alkanes) is 1. The van der Waals surface area contributed by atoms with E-state index in [1.807, 2.05) is 10.9 Å². The second-order valence-corrected chi connectivity index (χ2v) is 7.68. The fourth-order valence-corrected chi connectivity index (χ4v) is 2.04. The van der Waals surface area contributed by atoms with Crippen LogP contribution in [0.1, 0.15) is 66.5 Å². The van der Waals surface area contributed by atoms with E-state index in [0.717, 1.165) is 26.0 Å². The molecule has 0 atom stereocenters. The van der Waals surface area contributed by atoms with Gasteiger partial charge in [0.1, 0.15) is 0 Å². The molecule has 1 rings (SSSR count). The largest absolute Gasteiger partial charge is 0.375 e. The molecule has 0 fully saturated rings. The summed E-state index contributed by atoms with van der Waals surface area (Å²) in [4.78, 5) is 0. The van der Waals surface area contributed by atoms with Crippen molar-refractivity contribution in [2.24, 2.45) is 5.41 Å². The van der Waals surface area contributed by atoms with Crippen LogP contribution in [0.15, 0.2) is 6.20 Å². The molecule has 1 aromatic rings. The van der Waals surface area contributed by atoms with Crippen molar-refractivity contribution in [3.05, 3.63) is 11.9 Å². The first-order valence-corrected chi connectivity index (χ1v) is 7.69. The van der Waals surface area contributed by atoms with Crippen LogP contribution in [0.3, 0.4) is 0 Å². The molecule has 0 aromatic carbocycles. The molecule has 0 unspecified atom stereocenters. The number of aryl methyl sites for hydroxylation is 1. The maximum atomic E-state index is 5.76. The Morgan fingerprint density at radius 2 is 1.80 bits per heavy atom. The molecule has 4 nitrogen and oxygen atoms in total. The van der Waals surface area contributed by atoms with E-state index in [-0.39, 0.29) is 5.60 Å². The highest BCUT2D eigenvalue weighted by Crippen LogP contribution is 2.21. The summed E-state index contributed by atoms with van der Waals surface area (Å²) in [5.74, 6) is 0. The van der Waals surface area contributed by atoms with E-state index in [0.29, 0.717) is 5.41 Å². The molecule has 0 amide bonds. The van der Waals surface area contributed by atoms with Gasteiger partial charge >= 0.3 is 0 Å². The van der Waals surface area contributed by atoms with E-state index in [1.54, 1.807) is 0 Å². The predicted octanol–water partition coefficient (Wildman–Crippen LogP) is 3.85. The fraction of sp³-hybridized carbons (Fsp3) is 0.875. The minimum Gasteiger partial charge on any atom is -0.375 e. The van der Waals surface area contributed by atoms with Gasteiger partial charge in [-0.05, 0) is 39.0 Å². The lowest BCUT2D eigenvalue weighted by molar-refractivity contribution is -0.00160. The van der Waals surface area contributed by atoms with E-state index in [1.165, 1.54) is 18.5 Å². The normalized spacial score (nSPS) is 12.9. The summed E-state index contributed by atoms with van der Waals surface area (Å²) < 4.78 is 7.78. The average Bonchev–Trinajstić information content (AvgIpc) is 2.69. The number of hydrogen-bond donors (Lipinski definition) is 0. The highest BCUT2D eigenvalue weighted by molar-refractivity contribution is 4.94. The number of rotatable bonds is 7. The van der Waals surface area contributed by atoms with Crippen molar-refractivity contribution in [2.45, 2.75) is 79.4 Å². The molecule has 116 valence electrons. The summed E-state index contributed by atoms with van der Waals surface area (Å²) in [6.45, 7) is 14.8. The van der Waals surface area contributed by atoms with Crippen LogP contribution in [0.4, 0.5) is 0 Å². The van der Waals surface area contributed by atoms with Crippen molar-refractivity contribution < 1.29 is 4.74 Å². The first-order chi connectivity index (χ1) is 9.17. The molecular weight excluding hydrogens is 250 g/mol. The molecule has 0 bridgehead atoms. The molecule has 1 aromatic heterocycles. The Bertz CT molecular complexity index is 385. The molecule has 1 heterocycles. The van der Waals surface area contributed by atoms with Crippen molar-refractivity contribution in [3.63, 3.8) is 0 Å². The minimum atomic E-state index is -0.0784. The van der Waals surface area contributed by atoms with Crippen LogP contribution in [0, 0.1) is 5.41 Å². The Hall–Kier alpha value is -0.900. The Kier molecular flexibility index (Phi) is 6.18. The third-order valence-electron chi connectivity index (χ3n) is 3.14. The maximum absolute atomic E-state index is 5.76. The van der Waals surface area contributed by atoms with E-state index >= 15 is 0 Å². The van der Waals surface area contributed by atoms with Crippen molar-refractivity contribution in [2.75, 3.05) is 6.61 Å². The van der Waals surface area contributed by atoms with Gasteiger partial charge in [-0.2, -0.15) is 0 Å². The molecule has 0 aliphatic carbocycles. The summed E-state index contributed by atoms with van der Waals surface area (Å²) in [7, 11) is 0. The van der Waals surface area contributed by atoms with Crippen LogP contribution in [-0.4, -0.2) is 27.2 Å². The molecule has 0 saturated carbocycles. The van der Waals surface area contributed by atoms with E-state index in [4.69, 9.17) is 4.74 Å². The van der Waals surface area contributed by atoms with Gasteiger partial charge in [0.2, 0.25) is 0 Å². The molecule has 0 radical (unpaired) electrons. The Morgan fingerprint density at radius 1 is 1.10 bits per heavy atom. The molecule has 0 aliphatic heterocycles. The van der Waals surface area contributed by atoms with E-state index in [2.05, 4.69) is 51.9 Å². The summed E-state index contributed by atoms with van der Waals surface area (Å²) in [5, 5.41) is 8.20. The first-order valence-electron chi connectivity index (χ1n) is 7.69. The zero-order valence-corrected chi connectivity index (χ0v) is 14.1. The lowest BCUT2D eigenvalue weighted by Crippen LogP contribution is -2.21. The lowest BCUT2D eigenvalue weighted by atomic mass is 9.90. The molecule has 0 N–H and O–H groups in total. The lowest BCUT2D eigenvalue weighted by Gasteiger charge is -2.19. The van der Waals surface area contributed by atoms with Gasteiger partial charge < -0.3 is 4.74 Å². The van der Waals surface area contributed by atoms with Crippen molar-refractivity contribution in [3.8, 4) is 0 Å². The molecular formula is C16H31N3O. The van der Waals surface area contributed by atoms with Gasteiger partial charge in [-0.25, -0.2) is 4.68 Å². The van der Waals surface area contributed by atoms with Crippen LogP contribution in [0.5, 0.6) is 0 Å². The van der Waals surface area contributed by atoms with Gasteiger partial charge in [-0.15, -0.1) is 5.10 Å². The summed E-state index contributed by atoms with van der Waals surface area (Å²) in [6.07, 6.45) is 6.39. The molecule has 20 heavy (non-hydrogen) atoms. The quantitative estimate of drug-likeness (QED) is 0.713. The summed E-state index contributed by atoms with van der Waals surface area (Å²) in [6, 6.07) is 0. The summed E-state index contributed by atoms with van der Waals surface area (Å²) >= 11 is 0. The Labute approximate surface area is 123 Å². The third-order valence-corrected chi connectivity index (χ3v) is 3.14. The van der Waals surface area contributed by atoms with Crippen LogP contribution >= 0.6 is 0 Å². The second-order valence-electron chi connectivity index (χ2n) is 7.68. The number of nitrogens with zero attached hydrogens (tertiary/aromatic N) is 3. The van der Waals surface area contributed by atoms with Gasteiger partial charge in [0.05, 0.1) is 24.1 Å². The number of aromatic nitrogens is 3. The number of hydrogen-bond acceptors (Lipinski definition) is 3. The van der Waals surface area contributed by atoms with Gasteiger partial charge in [0.25, 0.3) is 0 Å². The first kappa shape index (κ1) is 17.2. The second kappa shape index (κ2) is 7.21. The number of ether oxygens (including phenoxy) is 1. The predicted molar refractivity (Wildman–Crippen MR) is 82.7 cm³/mol. The molecule has 0 aliphatic rings. The maximum Gasteiger partial charge on any atom is 0.0726 e. The van der Waals surface area contributed by atoms with Crippen molar-refractivity contribution in [1.82, 2.24) is 15.0 Å². The van der Waals surface area contributed by atoms with E-state index in [9.17, 15) is 0 Å². The van der Waals surface area contributed by atoms with Crippen molar-refractivity contribution in [1.29, 1.82) is 0 Å². The topological polar surface area (TPSA) is 39.9 Å².